The number of carboxylic acids is 1. The van der Waals surface area contributed by atoms with Crippen molar-refractivity contribution in [1.29, 1.82) is 0 Å². The number of aryl methyl sites for hydroxylation is 4. The zero-order chi connectivity index (χ0) is 24.1. The quantitative estimate of drug-likeness (QED) is 0.443. The van der Waals surface area contributed by atoms with Gasteiger partial charge in [-0.05, 0) is 45.4 Å². The number of anilines is 2. The summed E-state index contributed by atoms with van der Waals surface area (Å²) >= 11 is 1.65. The molecule has 1 aliphatic rings. The van der Waals surface area contributed by atoms with Crippen LogP contribution in [-0.4, -0.2) is 41.3 Å². The van der Waals surface area contributed by atoms with Gasteiger partial charge in [0.25, 0.3) is 0 Å². The first-order valence-electron chi connectivity index (χ1n) is 10.9. The molecule has 174 valence electrons. The number of hydrogen-bond acceptors (Lipinski definition) is 7. The first kappa shape index (κ1) is 22.0. The summed E-state index contributed by atoms with van der Waals surface area (Å²) in [6.07, 6.45) is -0.159. The van der Waals surface area contributed by atoms with E-state index in [1.54, 1.807) is 16.0 Å². The standard InChI is InChI=1S/C24H25N7O2S/c1-12-10-19(30(5)29-12)25-17-8-6-16(7-9-17)22-21-13(2)14(3)34-24(21)31-15(4)27-28-23(31)18(26-22)11-20(32)33/h6-10,18,25H,11H2,1-5H3,(H,32,33)/t18-/m0/s1. The summed E-state index contributed by atoms with van der Waals surface area (Å²) in [6, 6.07) is 9.37. The molecule has 1 aliphatic heterocycles. The topological polar surface area (TPSA) is 110 Å². The van der Waals surface area contributed by atoms with Crippen molar-refractivity contribution in [2.24, 2.45) is 12.0 Å². The molecule has 0 radical (unpaired) electrons. The number of hydrogen-bond donors (Lipinski definition) is 2. The molecule has 0 saturated carbocycles. The molecule has 4 aromatic rings. The van der Waals surface area contributed by atoms with Crippen LogP contribution < -0.4 is 5.32 Å². The van der Waals surface area contributed by atoms with Crippen LogP contribution in [0.5, 0.6) is 0 Å². The molecule has 10 heteroatoms. The van der Waals surface area contributed by atoms with Gasteiger partial charge in [0.1, 0.15) is 22.7 Å². The molecular formula is C24H25N7O2S. The number of fused-ring (bicyclic) bond motifs is 3. The van der Waals surface area contributed by atoms with Crippen LogP contribution in [0.25, 0.3) is 5.00 Å². The van der Waals surface area contributed by atoms with Gasteiger partial charge >= 0.3 is 5.97 Å². The summed E-state index contributed by atoms with van der Waals surface area (Å²) in [6.45, 7) is 8.01. The molecule has 5 rings (SSSR count). The number of thiophene rings is 1. The van der Waals surface area contributed by atoms with Gasteiger partial charge in [-0.25, -0.2) is 0 Å². The fourth-order valence-electron chi connectivity index (χ4n) is 4.28. The molecule has 0 aliphatic carbocycles. The summed E-state index contributed by atoms with van der Waals surface area (Å²) in [5, 5.41) is 26.9. The maximum absolute atomic E-state index is 11.7. The van der Waals surface area contributed by atoms with E-state index >= 15 is 0 Å². The molecule has 0 bridgehead atoms. The first-order chi connectivity index (χ1) is 16.2. The number of aromatic nitrogens is 5. The molecular weight excluding hydrogens is 450 g/mol. The Morgan fingerprint density at radius 2 is 1.88 bits per heavy atom. The van der Waals surface area contributed by atoms with Crippen LogP contribution in [0.2, 0.25) is 0 Å². The molecule has 0 saturated heterocycles. The minimum atomic E-state index is -0.926. The summed E-state index contributed by atoms with van der Waals surface area (Å²) < 4.78 is 3.77. The SMILES string of the molecule is Cc1cc(Nc2ccc(C3=N[C@@H](CC(=O)O)c4nnc(C)n4-c4sc(C)c(C)c43)cc2)n(C)n1. The highest BCUT2D eigenvalue weighted by molar-refractivity contribution is 7.15. The van der Waals surface area contributed by atoms with Crippen LogP contribution >= 0.6 is 11.3 Å². The number of aliphatic carboxylic acids is 1. The highest BCUT2D eigenvalue weighted by Gasteiger charge is 2.32. The molecule has 0 unspecified atom stereocenters. The van der Waals surface area contributed by atoms with Crippen molar-refractivity contribution in [2.45, 2.75) is 40.2 Å². The zero-order valence-electron chi connectivity index (χ0n) is 19.6. The summed E-state index contributed by atoms with van der Waals surface area (Å²) in [4.78, 5) is 17.8. The first-order valence-corrected chi connectivity index (χ1v) is 11.7. The molecule has 3 aromatic heterocycles. The number of carboxylic acid groups (broad SMARTS) is 1. The van der Waals surface area contributed by atoms with Gasteiger partial charge in [0.15, 0.2) is 5.82 Å². The van der Waals surface area contributed by atoms with E-state index in [1.807, 2.05) is 55.8 Å². The van der Waals surface area contributed by atoms with Gasteiger partial charge in [-0.3, -0.25) is 19.0 Å². The van der Waals surface area contributed by atoms with Crippen molar-refractivity contribution in [3.63, 3.8) is 0 Å². The van der Waals surface area contributed by atoms with Crippen molar-refractivity contribution in [3.8, 4) is 5.00 Å². The Hall–Kier alpha value is -3.79. The third-order valence-electron chi connectivity index (χ3n) is 6.04. The Kier molecular flexibility index (Phi) is 5.32. The largest absolute Gasteiger partial charge is 0.481 e. The summed E-state index contributed by atoms with van der Waals surface area (Å²) in [5.41, 5.74) is 5.69. The lowest BCUT2D eigenvalue weighted by Crippen LogP contribution is -2.10. The zero-order valence-corrected chi connectivity index (χ0v) is 20.4. The maximum Gasteiger partial charge on any atom is 0.306 e. The van der Waals surface area contributed by atoms with E-state index in [0.717, 1.165) is 50.4 Å². The summed E-state index contributed by atoms with van der Waals surface area (Å²) in [5.74, 6) is 1.25. The van der Waals surface area contributed by atoms with E-state index in [-0.39, 0.29) is 6.42 Å². The Labute approximate surface area is 200 Å². The molecule has 0 spiro atoms. The Morgan fingerprint density at radius 1 is 1.15 bits per heavy atom. The van der Waals surface area contributed by atoms with Crippen LogP contribution in [0.4, 0.5) is 11.5 Å². The van der Waals surface area contributed by atoms with Crippen molar-refractivity contribution in [1.82, 2.24) is 24.5 Å². The predicted molar refractivity (Wildman–Crippen MR) is 132 cm³/mol. The van der Waals surface area contributed by atoms with Gasteiger partial charge < -0.3 is 10.4 Å². The van der Waals surface area contributed by atoms with Crippen LogP contribution in [0.15, 0.2) is 35.3 Å². The lowest BCUT2D eigenvalue weighted by Gasteiger charge is -2.12. The van der Waals surface area contributed by atoms with Crippen LogP contribution in [0, 0.1) is 27.7 Å². The smallest absolute Gasteiger partial charge is 0.306 e. The van der Waals surface area contributed by atoms with Gasteiger partial charge in [-0.1, -0.05) is 12.1 Å². The number of carbonyl (C=O) groups is 1. The van der Waals surface area contributed by atoms with E-state index in [9.17, 15) is 9.90 Å². The second kappa shape index (κ2) is 8.21. The monoisotopic (exact) mass is 475 g/mol. The minimum absolute atomic E-state index is 0.159. The Bertz CT molecular complexity index is 1440. The molecule has 1 atom stereocenters. The highest BCUT2D eigenvalue weighted by Crippen LogP contribution is 2.39. The third-order valence-corrected chi connectivity index (χ3v) is 7.23. The number of nitrogens with one attached hydrogen (secondary N) is 1. The fraction of sp³-hybridized carbons (Fsp3) is 0.292. The lowest BCUT2D eigenvalue weighted by atomic mass is 9.99. The highest BCUT2D eigenvalue weighted by atomic mass is 32.1. The van der Waals surface area contributed by atoms with Crippen molar-refractivity contribution >= 4 is 34.5 Å². The average Bonchev–Trinajstić information content (AvgIpc) is 3.38. The normalized spacial score (nSPS) is 14.9. The van der Waals surface area contributed by atoms with Crippen LogP contribution in [-0.2, 0) is 11.8 Å². The van der Waals surface area contributed by atoms with Crippen molar-refractivity contribution in [2.75, 3.05) is 5.32 Å². The molecule has 9 nitrogen and oxygen atoms in total. The van der Waals surface area contributed by atoms with Gasteiger partial charge in [0, 0.05) is 34.8 Å². The van der Waals surface area contributed by atoms with Crippen molar-refractivity contribution in [3.05, 3.63) is 69.2 Å². The van der Waals surface area contributed by atoms with Gasteiger partial charge in [-0.2, -0.15) is 5.10 Å². The number of aliphatic imine (C=N–C) groups is 1. The van der Waals surface area contributed by atoms with E-state index < -0.39 is 12.0 Å². The second-order valence-corrected chi connectivity index (χ2v) is 9.70. The summed E-state index contributed by atoms with van der Waals surface area (Å²) in [7, 11) is 1.90. The van der Waals surface area contributed by atoms with E-state index in [1.165, 1.54) is 4.88 Å². The number of rotatable bonds is 5. The predicted octanol–water partition coefficient (Wildman–Crippen LogP) is 4.41. The third kappa shape index (κ3) is 3.69. The van der Waals surface area contributed by atoms with E-state index in [0.29, 0.717) is 5.82 Å². The average molecular weight is 476 g/mol. The van der Waals surface area contributed by atoms with Crippen LogP contribution in [0.3, 0.4) is 0 Å². The van der Waals surface area contributed by atoms with Crippen molar-refractivity contribution < 1.29 is 9.90 Å². The molecule has 4 heterocycles. The molecule has 2 N–H and O–H groups in total. The lowest BCUT2D eigenvalue weighted by molar-refractivity contribution is -0.137. The van der Waals surface area contributed by atoms with Crippen LogP contribution in [0.1, 0.15) is 51.4 Å². The Morgan fingerprint density at radius 3 is 2.53 bits per heavy atom. The molecule has 0 fully saturated rings. The Balaban J connectivity index is 1.61. The second-order valence-electron chi connectivity index (χ2n) is 8.49. The van der Waals surface area contributed by atoms with E-state index in [4.69, 9.17) is 4.99 Å². The van der Waals surface area contributed by atoms with Gasteiger partial charge in [0.05, 0.1) is 17.8 Å². The number of nitrogens with zero attached hydrogens (tertiary/aromatic N) is 6. The molecule has 0 amide bonds. The molecule has 1 aromatic carbocycles. The van der Waals surface area contributed by atoms with Gasteiger partial charge in [-0.15, -0.1) is 21.5 Å². The van der Waals surface area contributed by atoms with E-state index in [2.05, 4.69) is 34.5 Å². The van der Waals surface area contributed by atoms with Gasteiger partial charge in [0.2, 0.25) is 0 Å². The molecule has 34 heavy (non-hydrogen) atoms. The maximum atomic E-state index is 11.7. The number of benzene rings is 1. The minimum Gasteiger partial charge on any atom is -0.481 e. The fourth-order valence-corrected chi connectivity index (χ4v) is 5.49.